The van der Waals surface area contributed by atoms with Gasteiger partial charge in [-0.05, 0) is 19.8 Å². The lowest BCUT2D eigenvalue weighted by atomic mass is 10.0. The second kappa shape index (κ2) is 4.94. The van der Waals surface area contributed by atoms with Gasteiger partial charge in [0.15, 0.2) is 11.6 Å². The highest BCUT2D eigenvalue weighted by molar-refractivity contribution is 5.80. The summed E-state index contributed by atoms with van der Waals surface area (Å²) in [6.45, 7) is 2.74. The average molecular weight is 279 g/mol. The Labute approximate surface area is 116 Å². The topological polar surface area (TPSA) is 62.3 Å². The van der Waals surface area contributed by atoms with Crippen molar-refractivity contribution < 1.29 is 13.9 Å². The average Bonchev–Trinajstić information content (AvgIpc) is 2.72. The lowest BCUT2D eigenvalue weighted by Gasteiger charge is -2.29. The fraction of sp³-hybridized carbons (Fsp3) is 0.500. The van der Waals surface area contributed by atoms with Crippen molar-refractivity contribution in [3.05, 3.63) is 17.9 Å². The quantitative estimate of drug-likeness (QED) is 0.917. The Morgan fingerprint density at radius 1 is 1.50 bits per heavy atom. The zero-order valence-electron chi connectivity index (χ0n) is 11.6. The molecule has 108 valence electrons. The van der Waals surface area contributed by atoms with Crippen molar-refractivity contribution in [2.45, 2.75) is 31.9 Å². The van der Waals surface area contributed by atoms with E-state index in [0.29, 0.717) is 18.1 Å². The summed E-state index contributed by atoms with van der Waals surface area (Å²) in [5.41, 5.74) is 7.38. The van der Waals surface area contributed by atoms with Crippen LogP contribution in [0.4, 0.5) is 10.3 Å². The van der Waals surface area contributed by atoms with E-state index in [1.165, 1.54) is 13.2 Å². The lowest BCUT2D eigenvalue weighted by molar-refractivity contribution is 0.00713. The molecule has 0 radical (unpaired) electrons. The van der Waals surface area contributed by atoms with E-state index in [1.807, 2.05) is 11.5 Å². The number of methoxy groups -OCH3 is 1. The number of hydrogen-bond acceptors (Lipinski definition) is 4. The van der Waals surface area contributed by atoms with Gasteiger partial charge in [0.1, 0.15) is 0 Å². The van der Waals surface area contributed by atoms with Crippen molar-refractivity contribution in [3.8, 4) is 5.75 Å². The standard InChI is InChI=1S/C14H18FN3O2/c1-8-5-9(3-4-20-8)18-12-7-13(19-2)10(15)6-11(12)17-14(18)16/h6-9H,3-5H2,1-2H3,(H2,16,17). The monoisotopic (exact) mass is 279 g/mol. The number of fused-ring (bicyclic) bond motifs is 1. The van der Waals surface area contributed by atoms with Gasteiger partial charge in [-0.15, -0.1) is 0 Å². The number of ether oxygens (including phenoxy) is 2. The predicted molar refractivity (Wildman–Crippen MR) is 74.3 cm³/mol. The largest absolute Gasteiger partial charge is 0.494 e. The van der Waals surface area contributed by atoms with E-state index in [4.69, 9.17) is 15.2 Å². The van der Waals surface area contributed by atoms with Crippen LogP contribution in [0.1, 0.15) is 25.8 Å². The van der Waals surface area contributed by atoms with Crippen molar-refractivity contribution >= 4 is 17.0 Å². The van der Waals surface area contributed by atoms with Crippen LogP contribution in [0.25, 0.3) is 11.0 Å². The fourth-order valence-electron chi connectivity index (χ4n) is 2.86. The number of imidazole rings is 1. The molecule has 0 spiro atoms. The molecular weight excluding hydrogens is 261 g/mol. The molecule has 0 aliphatic carbocycles. The first-order valence-corrected chi connectivity index (χ1v) is 6.72. The molecule has 20 heavy (non-hydrogen) atoms. The van der Waals surface area contributed by atoms with Crippen LogP contribution in [0.2, 0.25) is 0 Å². The first-order chi connectivity index (χ1) is 9.60. The molecule has 1 fully saturated rings. The molecule has 2 N–H and O–H groups in total. The van der Waals surface area contributed by atoms with Crippen LogP contribution in [0.5, 0.6) is 5.75 Å². The fourth-order valence-corrected chi connectivity index (χ4v) is 2.86. The van der Waals surface area contributed by atoms with Crippen molar-refractivity contribution in [1.82, 2.24) is 9.55 Å². The van der Waals surface area contributed by atoms with Crippen molar-refractivity contribution in [3.63, 3.8) is 0 Å². The molecule has 1 aromatic heterocycles. The molecule has 1 aromatic carbocycles. The minimum atomic E-state index is -0.426. The number of halogens is 1. The highest BCUT2D eigenvalue weighted by Gasteiger charge is 2.25. The van der Waals surface area contributed by atoms with Crippen LogP contribution in [-0.4, -0.2) is 29.4 Å². The van der Waals surface area contributed by atoms with E-state index in [0.717, 1.165) is 18.4 Å². The second-order valence-corrected chi connectivity index (χ2v) is 5.18. The smallest absolute Gasteiger partial charge is 0.201 e. The van der Waals surface area contributed by atoms with Crippen molar-refractivity contribution in [2.24, 2.45) is 0 Å². The number of nitrogen functional groups attached to an aromatic ring is 1. The van der Waals surface area contributed by atoms with Gasteiger partial charge >= 0.3 is 0 Å². The van der Waals surface area contributed by atoms with Crippen LogP contribution in [0.3, 0.4) is 0 Å². The molecule has 1 aliphatic heterocycles. The molecule has 2 aromatic rings. The number of benzene rings is 1. The lowest BCUT2D eigenvalue weighted by Crippen LogP contribution is -2.26. The molecule has 2 unspecified atom stereocenters. The molecule has 1 saturated heterocycles. The summed E-state index contributed by atoms with van der Waals surface area (Å²) in [7, 11) is 1.45. The Kier molecular flexibility index (Phi) is 3.25. The van der Waals surface area contributed by atoms with Crippen molar-refractivity contribution in [1.29, 1.82) is 0 Å². The highest BCUT2D eigenvalue weighted by atomic mass is 19.1. The second-order valence-electron chi connectivity index (χ2n) is 5.18. The summed E-state index contributed by atoms with van der Waals surface area (Å²) in [6.07, 6.45) is 1.93. The third kappa shape index (κ3) is 2.10. The Morgan fingerprint density at radius 2 is 2.30 bits per heavy atom. The van der Waals surface area contributed by atoms with Gasteiger partial charge in [-0.25, -0.2) is 9.37 Å². The van der Waals surface area contributed by atoms with Crippen LogP contribution >= 0.6 is 0 Å². The molecular formula is C14H18FN3O2. The molecule has 1 aliphatic rings. The summed E-state index contributed by atoms with van der Waals surface area (Å²) in [6, 6.07) is 3.25. The Bertz CT molecular complexity index is 641. The number of rotatable bonds is 2. The zero-order chi connectivity index (χ0) is 14.3. The number of nitrogens with zero attached hydrogens (tertiary/aromatic N) is 2. The third-order valence-electron chi connectivity index (χ3n) is 3.81. The minimum absolute atomic E-state index is 0.188. The van der Waals surface area contributed by atoms with E-state index in [9.17, 15) is 4.39 Å². The predicted octanol–water partition coefficient (Wildman–Crippen LogP) is 2.51. The minimum Gasteiger partial charge on any atom is -0.494 e. The van der Waals surface area contributed by atoms with Crippen molar-refractivity contribution in [2.75, 3.05) is 19.5 Å². The van der Waals surface area contributed by atoms with E-state index >= 15 is 0 Å². The molecule has 0 saturated carbocycles. The molecule has 3 rings (SSSR count). The number of anilines is 1. The van der Waals surface area contributed by atoms with E-state index in [-0.39, 0.29) is 17.9 Å². The van der Waals surface area contributed by atoms with Gasteiger partial charge in [0.25, 0.3) is 0 Å². The Hall–Kier alpha value is -1.82. The number of aromatic nitrogens is 2. The molecule has 6 heteroatoms. The molecule has 0 amide bonds. The zero-order valence-corrected chi connectivity index (χ0v) is 11.6. The van der Waals surface area contributed by atoms with Gasteiger partial charge in [-0.2, -0.15) is 0 Å². The first kappa shape index (κ1) is 13.2. The molecule has 2 atom stereocenters. The summed E-state index contributed by atoms with van der Waals surface area (Å²) >= 11 is 0. The highest BCUT2D eigenvalue weighted by Crippen LogP contribution is 2.33. The van der Waals surface area contributed by atoms with E-state index in [2.05, 4.69) is 4.98 Å². The molecule has 2 heterocycles. The van der Waals surface area contributed by atoms with Gasteiger partial charge in [0.05, 0.1) is 24.2 Å². The maximum Gasteiger partial charge on any atom is 0.201 e. The SMILES string of the molecule is COc1cc2c(cc1F)nc(N)n2C1CCOC(C)C1. The van der Waals surface area contributed by atoms with Crippen LogP contribution < -0.4 is 10.5 Å². The normalized spacial score (nSPS) is 23.1. The number of nitrogens with two attached hydrogens (primary N) is 1. The molecule has 0 bridgehead atoms. The van der Waals surface area contributed by atoms with Gasteiger partial charge < -0.3 is 19.8 Å². The van der Waals surface area contributed by atoms with Gasteiger partial charge in [0, 0.05) is 24.8 Å². The van der Waals surface area contributed by atoms with Crippen LogP contribution in [0.15, 0.2) is 12.1 Å². The molecule has 5 nitrogen and oxygen atoms in total. The third-order valence-corrected chi connectivity index (χ3v) is 3.81. The summed E-state index contributed by atoms with van der Waals surface area (Å²) in [5.74, 6) is 0.190. The summed E-state index contributed by atoms with van der Waals surface area (Å²) < 4.78 is 26.3. The van der Waals surface area contributed by atoms with E-state index < -0.39 is 5.82 Å². The van der Waals surface area contributed by atoms with Gasteiger partial charge in [-0.1, -0.05) is 0 Å². The van der Waals surface area contributed by atoms with Gasteiger partial charge in [-0.3, -0.25) is 0 Å². The number of hydrogen-bond donors (Lipinski definition) is 1. The maximum absolute atomic E-state index is 13.7. The summed E-state index contributed by atoms with van der Waals surface area (Å²) in [5, 5.41) is 0. The van der Waals surface area contributed by atoms with Crippen LogP contribution in [0, 0.1) is 5.82 Å². The van der Waals surface area contributed by atoms with E-state index in [1.54, 1.807) is 6.07 Å². The van der Waals surface area contributed by atoms with Gasteiger partial charge in [0.2, 0.25) is 5.95 Å². The Balaban J connectivity index is 2.11. The van der Waals surface area contributed by atoms with Crippen LogP contribution in [-0.2, 0) is 4.74 Å². The Morgan fingerprint density at radius 3 is 3.00 bits per heavy atom. The summed E-state index contributed by atoms with van der Waals surface area (Å²) in [4.78, 5) is 4.25. The maximum atomic E-state index is 13.7. The first-order valence-electron chi connectivity index (χ1n) is 6.72.